The van der Waals surface area contributed by atoms with Gasteiger partial charge in [0.05, 0.1) is 25.9 Å². The molecule has 1 N–H and O–H groups in total. The minimum atomic E-state index is 0.207. The van der Waals surface area contributed by atoms with Gasteiger partial charge in [-0.05, 0) is 31.3 Å². The number of hydrogen-bond donors (Lipinski definition) is 1. The summed E-state index contributed by atoms with van der Waals surface area (Å²) in [4.78, 5) is 1.44. The van der Waals surface area contributed by atoms with E-state index in [4.69, 9.17) is 9.47 Å². The van der Waals surface area contributed by atoms with E-state index in [1.54, 1.807) is 0 Å². The molecule has 16 heavy (non-hydrogen) atoms. The molecule has 0 spiro atoms. The Labute approximate surface area is 101 Å². The maximum atomic E-state index is 5.72. The Morgan fingerprint density at radius 2 is 2.50 bits per heavy atom. The van der Waals surface area contributed by atoms with Crippen LogP contribution in [-0.2, 0) is 15.9 Å². The van der Waals surface area contributed by atoms with Crippen molar-refractivity contribution in [1.82, 2.24) is 5.32 Å². The molecule has 0 radical (unpaired) electrons. The molecule has 4 heteroatoms. The highest BCUT2D eigenvalue weighted by Crippen LogP contribution is 2.15. The molecule has 1 aliphatic rings. The van der Waals surface area contributed by atoms with Gasteiger partial charge in [-0.2, -0.15) is 0 Å². The fourth-order valence-corrected chi connectivity index (χ4v) is 2.73. The molecule has 1 aliphatic heterocycles. The summed E-state index contributed by atoms with van der Waals surface area (Å²) < 4.78 is 11.2. The summed E-state index contributed by atoms with van der Waals surface area (Å²) in [6.45, 7) is 2.18. The first-order chi connectivity index (χ1) is 7.90. The first-order valence-corrected chi connectivity index (χ1v) is 6.67. The molecule has 1 aromatic heterocycles. The molecule has 2 heterocycles. The van der Waals surface area contributed by atoms with Crippen molar-refractivity contribution in [1.29, 1.82) is 0 Å². The van der Waals surface area contributed by atoms with Crippen molar-refractivity contribution >= 4 is 11.3 Å². The second kappa shape index (κ2) is 6.35. The lowest BCUT2D eigenvalue weighted by Crippen LogP contribution is -2.45. The number of aryl methyl sites for hydroxylation is 1. The van der Waals surface area contributed by atoms with Crippen LogP contribution in [0.3, 0.4) is 0 Å². The second-order valence-corrected chi connectivity index (χ2v) is 5.03. The SMILES string of the molecule is CNC(CCc1cccs1)C1COCCO1. The van der Waals surface area contributed by atoms with Crippen molar-refractivity contribution in [2.24, 2.45) is 0 Å². The van der Waals surface area contributed by atoms with Gasteiger partial charge < -0.3 is 14.8 Å². The third-order valence-corrected chi connectivity index (χ3v) is 3.88. The molecule has 3 nitrogen and oxygen atoms in total. The Balaban J connectivity index is 1.80. The van der Waals surface area contributed by atoms with Crippen LogP contribution in [0.5, 0.6) is 0 Å². The number of thiophene rings is 1. The fourth-order valence-electron chi connectivity index (χ4n) is 2.01. The van der Waals surface area contributed by atoms with E-state index >= 15 is 0 Å². The van der Waals surface area contributed by atoms with Gasteiger partial charge in [-0.25, -0.2) is 0 Å². The Morgan fingerprint density at radius 3 is 3.12 bits per heavy atom. The van der Waals surface area contributed by atoms with E-state index in [1.807, 2.05) is 18.4 Å². The molecule has 0 aliphatic carbocycles. The minimum Gasteiger partial charge on any atom is -0.376 e. The Hall–Kier alpha value is -0.420. The highest BCUT2D eigenvalue weighted by Gasteiger charge is 2.23. The molecular formula is C12H19NO2S. The quantitative estimate of drug-likeness (QED) is 0.851. The zero-order chi connectivity index (χ0) is 11.2. The summed E-state index contributed by atoms with van der Waals surface area (Å²) in [5.41, 5.74) is 0. The molecule has 1 fully saturated rings. The zero-order valence-corrected chi connectivity index (χ0v) is 10.5. The molecule has 2 rings (SSSR count). The van der Waals surface area contributed by atoms with Crippen molar-refractivity contribution in [2.75, 3.05) is 26.9 Å². The van der Waals surface area contributed by atoms with Crippen molar-refractivity contribution in [3.05, 3.63) is 22.4 Å². The van der Waals surface area contributed by atoms with Crippen LogP contribution in [0, 0.1) is 0 Å². The van der Waals surface area contributed by atoms with Crippen LogP contribution >= 0.6 is 11.3 Å². The smallest absolute Gasteiger partial charge is 0.0962 e. The average molecular weight is 241 g/mol. The summed E-state index contributed by atoms with van der Waals surface area (Å²) in [5, 5.41) is 5.46. The average Bonchev–Trinajstić information content (AvgIpc) is 2.84. The molecule has 0 bridgehead atoms. The van der Waals surface area contributed by atoms with Crippen molar-refractivity contribution in [3.63, 3.8) is 0 Å². The van der Waals surface area contributed by atoms with Crippen LogP contribution in [0.15, 0.2) is 17.5 Å². The topological polar surface area (TPSA) is 30.5 Å². The van der Waals surface area contributed by atoms with Gasteiger partial charge in [0.1, 0.15) is 0 Å². The first-order valence-electron chi connectivity index (χ1n) is 5.79. The van der Waals surface area contributed by atoms with Gasteiger partial charge in [-0.1, -0.05) is 6.07 Å². The summed E-state index contributed by atoms with van der Waals surface area (Å²) in [6.07, 6.45) is 2.42. The molecule has 1 aromatic rings. The largest absolute Gasteiger partial charge is 0.376 e. The maximum Gasteiger partial charge on any atom is 0.0962 e. The van der Waals surface area contributed by atoms with E-state index in [0.717, 1.165) is 32.7 Å². The van der Waals surface area contributed by atoms with E-state index in [-0.39, 0.29) is 6.10 Å². The van der Waals surface area contributed by atoms with Gasteiger partial charge in [-0.15, -0.1) is 11.3 Å². The maximum absolute atomic E-state index is 5.72. The predicted octanol–water partition coefficient (Wildman–Crippen LogP) is 1.68. The van der Waals surface area contributed by atoms with Crippen LogP contribution in [0.2, 0.25) is 0 Å². The van der Waals surface area contributed by atoms with Gasteiger partial charge >= 0.3 is 0 Å². The molecule has 2 atom stereocenters. The van der Waals surface area contributed by atoms with E-state index < -0.39 is 0 Å². The van der Waals surface area contributed by atoms with E-state index in [9.17, 15) is 0 Å². The summed E-state index contributed by atoms with van der Waals surface area (Å²) in [7, 11) is 2.00. The number of hydrogen-bond acceptors (Lipinski definition) is 4. The molecule has 0 amide bonds. The van der Waals surface area contributed by atoms with Gasteiger partial charge in [0, 0.05) is 10.9 Å². The summed E-state index contributed by atoms with van der Waals surface area (Å²) in [5.74, 6) is 0. The van der Waals surface area contributed by atoms with Gasteiger partial charge in [0.2, 0.25) is 0 Å². The number of likely N-dealkylation sites (N-methyl/N-ethyl adjacent to an activating group) is 1. The van der Waals surface area contributed by atoms with Crippen LogP contribution < -0.4 is 5.32 Å². The van der Waals surface area contributed by atoms with Gasteiger partial charge in [0.25, 0.3) is 0 Å². The van der Waals surface area contributed by atoms with Crippen LogP contribution in [0.25, 0.3) is 0 Å². The highest BCUT2D eigenvalue weighted by molar-refractivity contribution is 7.09. The number of nitrogens with one attached hydrogen (secondary N) is 1. The van der Waals surface area contributed by atoms with Crippen LogP contribution in [-0.4, -0.2) is 39.0 Å². The summed E-state index contributed by atoms with van der Waals surface area (Å²) >= 11 is 1.82. The lowest BCUT2D eigenvalue weighted by atomic mass is 10.0. The molecule has 2 unspecified atom stereocenters. The Kier molecular flexibility index (Phi) is 4.78. The van der Waals surface area contributed by atoms with Gasteiger partial charge in [-0.3, -0.25) is 0 Å². The van der Waals surface area contributed by atoms with Crippen molar-refractivity contribution in [2.45, 2.75) is 25.0 Å². The first kappa shape index (κ1) is 12.0. The lowest BCUT2D eigenvalue weighted by molar-refractivity contribution is -0.101. The Morgan fingerprint density at radius 1 is 1.56 bits per heavy atom. The number of ether oxygens (including phenoxy) is 2. The van der Waals surface area contributed by atoms with Crippen molar-refractivity contribution < 1.29 is 9.47 Å². The normalized spacial score (nSPS) is 23.2. The third kappa shape index (κ3) is 3.28. The molecule has 0 saturated carbocycles. The molecule has 1 saturated heterocycles. The number of rotatable bonds is 5. The fraction of sp³-hybridized carbons (Fsp3) is 0.667. The third-order valence-electron chi connectivity index (χ3n) is 2.94. The molecule has 90 valence electrons. The summed E-state index contributed by atoms with van der Waals surface area (Å²) in [6, 6.07) is 4.69. The van der Waals surface area contributed by atoms with Crippen molar-refractivity contribution in [3.8, 4) is 0 Å². The predicted molar refractivity (Wildman–Crippen MR) is 66.0 cm³/mol. The highest BCUT2D eigenvalue weighted by atomic mass is 32.1. The van der Waals surface area contributed by atoms with Crippen LogP contribution in [0.1, 0.15) is 11.3 Å². The van der Waals surface area contributed by atoms with E-state index in [1.165, 1.54) is 4.88 Å². The molecular weight excluding hydrogens is 222 g/mol. The van der Waals surface area contributed by atoms with E-state index in [2.05, 4.69) is 22.8 Å². The lowest BCUT2D eigenvalue weighted by Gasteiger charge is -2.30. The second-order valence-electron chi connectivity index (χ2n) is 4.00. The molecule has 0 aromatic carbocycles. The monoisotopic (exact) mass is 241 g/mol. The standard InChI is InChI=1S/C12H19NO2S/c1-13-11(12-9-14-6-7-15-12)5-4-10-3-2-8-16-10/h2-3,8,11-13H,4-7,9H2,1H3. The zero-order valence-electron chi connectivity index (χ0n) is 9.65. The van der Waals surface area contributed by atoms with Crippen LogP contribution in [0.4, 0.5) is 0 Å². The minimum absolute atomic E-state index is 0.207. The van der Waals surface area contributed by atoms with E-state index in [0.29, 0.717) is 6.04 Å². The Bertz CT molecular complexity index is 283. The van der Waals surface area contributed by atoms with Gasteiger partial charge in [0.15, 0.2) is 0 Å².